The molecule has 0 aromatic rings. The van der Waals surface area contributed by atoms with E-state index >= 15 is 0 Å². The van der Waals surface area contributed by atoms with Gasteiger partial charge in [0.15, 0.2) is 0 Å². The number of esters is 1. The second kappa shape index (κ2) is 6.86. The zero-order chi connectivity index (χ0) is 18.1. The van der Waals surface area contributed by atoms with Gasteiger partial charge in [0.05, 0.1) is 5.92 Å². The van der Waals surface area contributed by atoms with Gasteiger partial charge in [-0.25, -0.2) is 0 Å². The van der Waals surface area contributed by atoms with Crippen molar-refractivity contribution in [2.45, 2.75) is 70.0 Å². The first-order valence-electron chi connectivity index (χ1n) is 7.42. The number of hydrogen-bond acceptors (Lipinski definition) is 3. The number of ether oxygens (including phenoxy) is 1. The van der Waals surface area contributed by atoms with Crippen molar-refractivity contribution in [2.24, 2.45) is 11.8 Å². The van der Waals surface area contributed by atoms with E-state index in [1.165, 1.54) is 6.92 Å². The molecule has 0 spiro atoms. The minimum absolute atomic E-state index is 0.0938. The summed E-state index contributed by atoms with van der Waals surface area (Å²) in [5.41, 5.74) is -4.89. The zero-order valence-corrected chi connectivity index (χ0v) is 12.8. The first-order chi connectivity index (χ1) is 10.4. The fourth-order valence-corrected chi connectivity index (χ4v) is 2.73. The molecule has 1 N–H and O–H groups in total. The maximum absolute atomic E-state index is 13.0. The monoisotopic (exact) mass is 350 g/mol. The molecule has 136 valence electrons. The normalized spacial score (nSPS) is 25.1. The van der Waals surface area contributed by atoms with E-state index in [0.717, 1.165) is 0 Å². The third-order valence-electron chi connectivity index (χ3n) is 4.39. The molecule has 1 rings (SSSR count). The Bertz CT molecular complexity index is 404. The number of aliphatic hydroxyl groups is 1. The molecular weight excluding hydrogens is 330 g/mol. The van der Waals surface area contributed by atoms with Gasteiger partial charge in [-0.15, -0.1) is 0 Å². The molecule has 1 fully saturated rings. The van der Waals surface area contributed by atoms with E-state index < -0.39 is 48.3 Å². The molecule has 1 aliphatic rings. The summed E-state index contributed by atoms with van der Waals surface area (Å²) >= 11 is 0. The average molecular weight is 350 g/mol. The molecular formula is C14H20F6O3. The van der Waals surface area contributed by atoms with Crippen LogP contribution in [0.15, 0.2) is 0 Å². The van der Waals surface area contributed by atoms with Crippen LogP contribution in [-0.2, 0) is 9.53 Å². The predicted octanol–water partition coefficient (Wildman–Crippen LogP) is 3.99. The molecule has 0 aliphatic heterocycles. The van der Waals surface area contributed by atoms with Crippen LogP contribution >= 0.6 is 0 Å². The summed E-state index contributed by atoms with van der Waals surface area (Å²) in [5.74, 6) is -3.75. The smallest absolute Gasteiger partial charge is 0.426 e. The highest BCUT2D eigenvalue weighted by molar-refractivity contribution is 5.72. The van der Waals surface area contributed by atoms with Gasteiger partial charge >= 0.3 is 18.3 Å². The number of carbonyl (C=O) groups excluding carboxylic acids is 1. The SMILES string of the molecule is CCC(C)C(=O)OC1CCCCC1C(O)(C(F)(F)F)C(F)(F)F. The van der Waals surface area contributed by atoms with Crippen LogP contribution in [0.3, 0.4) is 0 Å². The van der Waals surface area contributed by atoms with Crippen LogP contribution in [0.1, 0.15) is 46.0 Å². The fraction of sp³-hybridized carbons (Fsp3) is 0.929. The van der Waals surface area contributed by atoms with E-state index in [9.17, 15) is 36.2 Å². The van der Waals surface area contributed by atoms with Crippen molar-refractivity contribution in [3.05, 3.63) is 0 Å². The summed E-state index contributed by atoms with van der Waals surface area (Å²) in [7, 11) is 0. The molecule has 1 saturated carbocycles. The Hall–Kier alpha value is -0.990. The maximum Gasteiger partial charge on any atom is 0.426 e. The highest BCUT2D eigenvalue weighted by Gasteiger charge is 2.75. The quantitative estimate of drug-likeness (QED) is 0.616. The Morgan fingerprint density at radius 3 is 2.04 bits per heavy atom. The van der Waals surface area contributed by atoms with Crippen LogP contribution in [-0.4, -0.2) is 35.1 Å². The van der Waals surface area contributed by atoms with Gasteiger partial charge in [0, 0.05) is 5.92 Å². The summed E-state index contributed by atoms with van der Waals surface area (Å²) < 4.78 is 83.0. The van der Waals surface area contributed by atoms with Gasteiger partial charge in [0.2, 0.25) is 0 Å². The van der Waals surface area contributed by atoms with E-state index in [4.69, 9.17) is 4.74 Å². The number of rotatable bonds is 4. The highest BCUT2D eigenvalue weighted by Crippen LogP contribution is 2.52. The first kappa shape index (κ1) is 20.1. The molecule has 1 aliphatic carbocycles. The van der Waals surface area contributed by atoms with Crippen LogP contribution < -0.4 is 0 Å². The summed E-state index contributed by atoms with van der Waals surface area (Å²) in [4.78, 5) is 11.7. The fourth-order valence-electron chi connectivity index (χ4n) is 2.73. The number of alkyl halides is 6. The molecule has 0 radical (unpaired) electrons. The first-order valence-corrected chi connectivity index (χ1v) is 7.42. The summed E-state index contributed by atoms with van der Waals surface area (Å²) in [6.07, 6.45) is -13.3. The minimum atomic E-state index is -5.91. The molecule has 0 bridgehead atoms. The van der Waals surface area contributed by atoms with Crippen molar-refractivity contribution in [3.63, 3.8) is 0 Å². The molecule has 3 nitrogen and oxygen atoms in total. The third-order valence-corrected chi connectivity index (χ3v) is 4.39. The Morgan fingerprint density at radius 2 is 1.61 bits per heavy atom. The lowest BCUT2D eigenvalue weighted by atomic mass is 9.74. The molecule has 9 heteroatoms. The molecule has 3 unspecified atom stereocenters. The standard InChI is InChI=1S/C14H20F6O3/c1-3-8(2)11(21)23-10-7-5-4-6-9(10)12(22,13(15,16)17)14(18,19)20/h8-10,22H,3-7H2,1-2H3. The summed E-state index contributed by atoms with van der Waals surface area (Å²) in [6.45, 7) is 3.12. The summed E-state index contributed by atoms with van der Waals surface area (Å²) in [6, 6.07) is 0. The topological polar surface area (TPSA) is 46.5 Å². The van der Waals surface area contributed by atoms with Gasteiger partial charge in [-0.3, -0.25) is 4.79 Å². The van der Waals surface area contributed by atoms with Crippen LogP contribution in [0.25, 0.3) is 0 Å². The van der Waals surface area contributed by atoms with Gasteiger partial charge in [-0.05, 0) is 25.7 Å². The van der Waals surface area contributed by atoms with Crippen LogP contribution in [0.2, 0.25) is 0 Å². The zero-order valence-electron chi connectivity index (χ0n) is 12.8. The Morgan fingerprint density at radius 1 is 1.13 bits per heavy atom. The Kier molecular flexibility index (Phi) is 5.98. The predicted molar refractivity (Wildman–Crippen MR) is 68.4 cm³/mol. The van der Waals surface area contributed by atoms with Gasteiger partial charge in [-0.1, -0.05) is 20.3 Å². The van der Waals surface area contributed by atoms with E-state index in [0.29, 0.717) is 12.8 Å². The van der Waals surface area contributed by atoms with Crippen LogP contribution in [0, 0.1) is 11.8 Å². The van der Waals surface area contributed by atoms with E-state index in [2.05, 4.69) is 0 Å². The molecule has 0 saturated heterocycles. The van der Waals surface area contributed by atoms with Crippen LogP contribution in [0.5, 0.6) is 0 Å². The lowest BCUT2D eigenvalue weighted by molar-refractivity contribution is -0.393. The third kappa shape index (κ3) is 3.92. The second-order valence-electron chi connectivity index (χ2n) is 5.94. The van der Waals surface area contributed by atoms with E-state index in [1.807, 2.05) is 0 Å². The van der Waals surface area contributed by atoms with Crippen molar-refractivity contribution in [1.82, 2.24) is 0 Å². The van der Waals surface area contributed by atoms with Crippen molar-refractivity contribution in [2.75, 3.05) is 0 Å². The van der Waals surface area contributed by atoms with E-state index in [1.54, 1.807) is 6.92 Å². The molecule has 3 atom stereocenters. The van der Waals surface area contributed by atoms with Crippen LogP contribution in [0.4, 0.5) is 26.3 Å². The van der Waals surface area contributed by atoms with Crippen molar-refractivity contribution in [1.29, 1.82) is 0 Å². The average Bonchev–Trinajstić information content (AvgIpc) is 2.43. The van der Waals surface area contributed by atoms with Gasteiger partial charge < -0.3 is 9.84 Å². The molecule has 0 heterocycles. The Labute approximate surface area is 130 Å². The summed E-state index contributed by atoms with van der Waals surface area (Å²) in [5, 5.41) is 9.55. The Balaban J connectivity index is 3.14. The lowest BCUT2D eigenvalue weighted by Gasteiger charge is -2.43. The molecule has 0 amide bonds. The van der Waals surface area contributed by atoms with Gasteiger partial charge in [0.25, 0.3) is 5.60 Å². The second-order valence-corrected chi connectivity index (χ2v) is 5.94. The molecule has 0 aromatic heterocycles. The molecule has 0 aromatic carbocycles. The van der Waals surface area contributed by atoms with E-state index in [-0.39, 0.29) is 12.8 Å². The maximum atomic E-state index is 13.0. The molecule has 23 heavy (non-hydrogen) atoms. The minimum Gasteiger partial charge on any atom is -0.462 e. The van der Waals surface area contributed by atoms with Gasteiger partial charge in [-0.2, -0.15) is 26.3 Å². The number of halogens is 6. The van der Waals surface area contributed by atoms with Crippen molar-refractivity contribution in [3.8, 4) is 0 Å². The lowest BCUT2D eigenvalue weighted by Crippen LogP contribution is -2.65. The number of carbonyl (C=O) groups is 1. The number of hydrogen-bond donors (Lipinski definition) is 1. The van der Waals surface area contributed by atoms with Crippen molar-refractivity contribution < 1.29 is 41.0 Å². The van der Waals surface area contributed by atoms with Gasteiger partial charge in [0.1, 0.15) is 6.10 Å². The largest absolute Gasteiger partial charge is 0.462 e. The van der Waals surface area contributed by atoms with Crippen molar-refractivity contribution >= 4 is 5.97 Å². The highest BCUT2D eigenvalue weighted by atomic mass is 19.4.